The minimum atomic E-state index is -0.317. The van der Waals surface area contributed by atoms with Gasteiger partial charge in [0, 0.05) is 6.04 Å². The fraction of sp³-hybridized carbons (Fsp3) is 0.333. The average Bonchev–Trinajstić information content (AvgIpc) is 2.90. The fourth-order valence-corrected chi connectivity index (χ4v) is 2.22. The van der Waals surface area contributed by atoms with Crippen LogP contribution in [0.15, 0.2) is 29.8 Å². The topological polar surface area (TPSA) is 73.1 Å². The third-order valence-electron chi connectivity index (χ3n) is 3.26. The van der Waals surface area contributed by atoms with E-state index in [0.717, 1.165) is 31.2 Å². The number of benzene rings is 1. The molecule has 1 aromatic rings. The van der Waals surface area contributed by atoms with Crippen molar-refractivity contribution in [2.24, 2.45) is 0 Å². The van der Waals surface area contributed by atoms with Crippen LogP contribution in [0.4, 0.5) is 0 Å². The van der Waals surface area contributed by atoms with Gasteiger partial charge in [-0.25, -0.2) is 0 Å². The molecule has 4 heteroatoms. The Kier molecular flexibility index (Phi) is 4.19. The van der Waals surface area contributed by atoms with Crippen molar-refractivity contribution in [1.29, 1.82) is 5.26 Å². The highest BCUT2D eigenvalue weighted by Crippen LogP contribution is 2.18. The molecule has 0 aliphatic heterocycles. The van der Waals surface area contributed by atoms with Crippen molar-refractivity contribution in [3.8, 4) is 11.8 Å². The molecule has 1 fully saturated rings. The third-order valence-corrected chi connectivity index (χ3v) is 3.26. The Balaban J connectivity index is 2.08. The minimum Gasteiger partial charge on any atom is -0.508 e. The molecule has 4 nitrogen and oxygen atoms in total. The third kappa shape index (κ3) is 3.59. The second kappa shape index (κ2) is 6.05. The minimum absolute atomic E-state index is 0.0950. The van der Waals surface area contributed by atoms with E-state index < -0.39 is 0 Å². The number of hydrogen-bond donors (Lipinski definition) is 2. The molecule has 1 saturated carbocycles. The SMILES string of the molecule is N#C/C(=C/c1ccc(O)cc1)C(=O)NC1CCCC1. The zero-order chi connectivity index (χ0) is 13.7. The molecule has 0 aromatic heterocycles. The van der Waals surface area contributed by atoms with Gasteiger partial charge in [-0.1, -0.05) is 25.0 Å². The lowest BCUT2D eigenvalue weighted by molar-refractivity contribution is -0.117. The largest absolute Gasteiger partial charge is 0.508 e. The van der Waals surface area contributed by atoms with Crippen LogP contribution in [-0.2, 0) is 4.79 Å². The summed E-state index contributed by atoms with van der Waals surface area (Å²) < 4.78 is 0. The summed E-state index contributed by atoms with van der Waals surface area (Å²) in [6.07, 6.45) is 5.78. The highest BCUT2D eigenvalue weighted by atomic mass is 16.3. The number of carbonyl (C=O) groups is 1. The second-order valence-corrected chi connectivity index (χ2v) is 4.72. The van der Waals surface area contributed by atoms with Gasteiger partial charge in [0.15, 0.2) is 0 Å². The summed E-state index contributed by atoms with van der Waals surface area (Å²) >= 11 is 0. The number of phenolic OH excluding ortho intramolecular Hbond substituents is 1. The fourth-order valence-electron chi connectivity index (χ4n) is 2.22. The molecule has 98 valence electrons. The van der Waals surface area contributed by atoms with E-state index in [2.05, 4.69) is 5.32 Å². The highest BCUT2D eigenvalue weighted by molar-refractivity contribution is 6.01. The Hall–Kier alpha value is -2.28. The first-order chi connectivity index (χ1) is 9.19. The van der Waals surface area contributed by atoms with Gasteiger partial charge in [0.05, 0.1) is 0 Å². The standard InChI is InChI=1S/C15H16N2O2/c16-10-12(9-11-5-7-14(18)8-6-11)15(19)17-13-3-1-2-4-13/h5-9,13,18H,1-4H2,(H,17,19)/b12-9-. The summed E-state index contributed by atoms with van der Waals surface area (Å²) in [5.74, 6) is -0.159. The predicted octanol–water partition coefficient (Wildman–Crippen LogP) is 2.36. The quantitative estimate of drug-likeness (QED) is 0.644. The molecule has 0 spiro atoms. The van der Waals surface area contributed by atoms with Crippen LogP contribution in [0.1, 0.15) is 31.2 Å². The van der Waals surface area contributed by atoms with Gasteiger partial charge in [-0.2, -0.15) is 5.26 Å². The van der Waals surface area contributed by atoms with Gasteiger partial charge in [0.2, 0.25) is 0 Å². The van der Waals surface area contributed by atoms with Crippen LogP contribution in [0.25, 0.3) is 6.08 Å². The monoisotopic (exact) mass is 256 g/mol. The van der Waals surface area contributed by atoms with Crippen molar-refractivity contribution in [3.63, 3.8) is 0 Å². The number of aromatic hydroxyl groups is 1. The van der Waals surface area contributed by atoms with Gasteiger partial charge >= 0.3 is 0 Å². The van der Waals surface area contributed by atoms with Crippen LogP contribution < -0.4 is 5.32 Å². The number of carbonyl (C=O) groups excluding carboxylic acids is 1. The van der Waals surface area contributed by atoms with Crippen LogP contribution in [0.2, 0.25) is 0 Å². The zero-order valence-electron chi connectivity index (χ0n) is 10.6. The normalized spacial score (nSPS) is 16.1. The van der Waals surface area contributed by atoms with Crippen molar-refractivity contribution in [2.45, 2.75) is 31.7 Å². The summed E-state index contributed by atoms with van der Waals surface area (Å²) in [5.41, 5.74) is 0.813. The molecule has 0 unspecified atom stereocenters. The second-order valence-electron chi connectivity index (χ2n) is 4.72. The van der Waals surface area contributed by atoms with E-state index in [1.165, 1.54) is 18.2 Å². The first-order valence-electron chi connectivity index (χ1n) is 6.41. The zero-order valence-corrected chi connectivity index (χ0v) is 10.6. The summed E-state index contributed by atoms with van der Waals surface area (Å²) in [6, 6.07) is 8.50. The van der Waals surface area contributed by atoms with Crippen molar-refractivity contribution >= 4 is 12.0 Å². The molecular formula is C15H16N2O2. The van der Waals surface area contributed by atoms with E-state index in [1.54, 1.807) is 12.1 Å². The maximum atomic E-state index is 12.0. The number of nitriles is 1. The van der Waals surface area contributed by atoms with Gasteiger partial charge in [0.25, 0.3) is 5.91 Å². The number of nitrogens with zero attached hydrogens (tertiary/aromatic N) is 1. The average molecular weight is 256 g/mol. The number of amides is 1. The van der Waals surface area contributed by atoms with Crippen molar-refractivity contribution in [1.82, 2.24) is 5.32 Å². The Morgan fingerprint density at radius 1 is 1.32 bits per heavy atom. The van der Waals surface area contributed by atoms with E-state index in [9.17, 15) is 9.90 Å². The first-order valence-corrected chi connectivity index (χ1v) is 6.41. The highest BCUT2D eigenvalue weighted by Gasteiger charge is 2.19. The van der Waals surface area contributed by atoms with Crippen LogP contribution in [0.5, 0.6) is 5.75 Å². The molecule has 1 aliphatic rings. The van der Waals surface area contributed by atoms with Crippen molar-refractivity contribution in [2.75, 3.05) is 0 Å². The van der Waals surface area contributed by atoms with E-state index in [1.807, 2.05) is 6.07 Å². The van der Waals surface area contributed by atoms with Gasteiger partial charge in [-0.3, -0.25) is 4.79 Å². The van der Waals surface area contributed by atoms with Crippen molar-refractivity contribution < 1.29 is 9.90 Å². The Morgan fingerprint density at radius 3 is 2.53 bits per heavy atom. The Labute approximate surface area is 112 Å². The maximum Gasteiger partial charge on any atom is 0.262 e. The maximum absolute atomic E-state index is 12.0. The molecular weight excluding hydrogens is 240 g/mol. The molecule has 2 N–H and O–H groups in total. The van der Waals surface area contributed by atoms with Gasteiger partial charge in [-0.05, 0) is 36.6 Å². The van der Waals surface area contributed by atoms with E-state index >= 15 is 0 Å². The molecule has 0 saturated heterocycles. The first kappa shape index (κ1) is 13.2. The molecule has 1 aliphatic carbocycles. The summed E-state index contributed by atoms with van der Waals surface area (Å²) in [4.78, 5) is 12.0. The molecule has 0 bridgehead atoms. The molecule has 0 heterocycles. The Bertz CT molecular complexity index is 520. The molecule has 2 rings (SSSR count). The molecule has 0 radical (unpaired) electrons. The van der Waals surface area contributed by atoms with E-state index in [4.69, 9.17) is 5.26 Å². The Morgan fingerprint density at radius 2 is 1.95 bits per heavy atom. The lowest BCUT2D eigenvalue weighted by atomic mass is 10.1. The van der Waals surface area contributed by atoms with Gasteiger partial charge < -0.3 is 10.4 Å². The van der Waals surface area contributed by atoms with Crippen LogP contribution in [-0.4, -0.2) is 17.1 Å². The van der Waals surface area contributed by atoms with Gasteiger partial charge in [-0.15, -0.1) is 0 Å². The molecule has 1 amide bonds. The number of rotatable bonds is 3. The summed E-state index contributed by atoms with van der Waals surface area (Å²) in [6.45, 7) is 0. The van der Waals surface area contributed by atoms with Crippen LogP contribution in [0, 0.1) is 11.3 Å². The van der Waals surface area contributed by atoms with Crippen LogP contribution >= 0.6 is 0 Å². The molecule has 1 aromatic carbocycles. The van der Waals surface area contributed by atoms with Crippen molar-refractivity contribution in [3.05, 3.63) is 35.4 Å². The lowest BCUT2D eigenvalue weighted by Crippen LogP contribution is -2.33. The summed E-state index contributed by atoms with van der Waals surface area (Å²) in [7, 11) is 0. The number of hydrogen-bond acceptors (Lipinski definition) is 3. The predicted molar refractivity (Wildman–Crippen MR) is 72.1 cm³/mol. The van der Waals surface area contributed by atoms with E-state index in [0.29, 0.717) is 0 Å². The number of phenols is 1. The van der Waals surface area contributed by atoms with E-state index in [-0.39, 0.29) is 23.3 Å². The number of nitrogens with one attached hydrogen (secondary N) is 1. The lowest BCUT2D eigenvalue weighted by Gasteiger charge is -2.10. The summed E-state index contributed by atoms with van der Waals surface area (Å²) in [5, 5.41) is 21.1. The smallest absolute Gasteiger partial charge is 0.262 e. The van der Waals surface area contributed by atoms with Crippen LogP contribution in [0.3, 0.4) is 0 Å². The van der Waals surface area contributed by atoms with Gasteiger partial charge in [0.1, 0.15) is 17.4 Å². The molecule has 19 heavy (non-hydrogen) atoms. The molecule has 0 atom stereocenters.